The van der Waals surface area contributed by atoms with Crippen molar-refractivity contribution in [3.8, 4) is 0 Å². The average molecular weight is 585 g/mol. The Balaban J connectivity index is 1.42. The maximum absolute atomic E-state index is 13.2. The summed E-state index contributed by atoms with van der Waals surface area (Å²) in [5, 5.41) is 16.0. The number of esters is 1. The number of hydrogen-bond donors (Lipinski definition) is 3. The van der Waals surface area contributed by atoms with Crippen LogP contribution < -0.4 is 10.6 Å². The summed E-state index contributed by atoms with van der Waals surface area (Å²) in [6.07, 6.45) is 2.31. The standard InChI is InChI=1S/C33H32N2O6S/c1-3-5-19-41-33(40)22-15-17-23(18-16-22)34-31(37)28(4-2)42-25-12-8-11-24(20-25)35-30(36)26-13-6-9-21-10-7-14-27(29(21)26)32(38)39/h6-18,20,28H,3-5,19H2,1-2H3,(H,34,37)(H,35,36)(H,38,39). The van der Waals surface area contributed by atoms with Gasteiger partial charge in [0.25, 0.3) is 5.91 Å². The largest absolute Gasteiger partial charge is 0.478 e. The van der Waals surface area contributed by atoms with Crippen molar-refractivity contribution >= 4 is 57.7 Å². The summed E-state index contributed by atoms with van der Waals surface area (Å²) in [5.41, 5.74) is 1.83. The fourth-order valence-corrected chi connectivity index (χ4v) is 5.36. The highest BCUT2D eigenvalue weighted by molar-refractivity contribution is 8.00. The summed E-state index contributed by atoms with van der Waals surface area (Å²) >= 11 is 1.37. The molecule has 0 saturated heterocycles. The van der Waals surface area contributed by atoms with Crippen LogP contribution in [-0.2, 0) is 9.53 Å². The average Bonchev–Trinajstić information content (AvgIpc) is 2.99. The van der Waals surface area contributed by atoms with Crippen LogP contribution in [0.5, 0.6) is 0 Å². The molecule has 2 amide bonds. The van der Waals surface area contributed by atoms with E-state index in [4.69, 9.17) is 4.74 Å². The van der Waals surface area contributed by atoms with Crippen molar-refractivity contribution in [1.82, 2.24) is 0 Å². The van der Waals surface area contributed by atoms with Gasteiger partial charge in [0.05, 0.1) is 23.0 Å². The summed E-state index contributed by atoms with van der Waals surface area (Å²) in [6.45, 7) is 4.32. The molecule has 8 nitrogen and oxygen atoms in total. The Morgan fingerprint density at radius 3 is 2.19 bits per heavy atom. The minimum atomic E-state index is -1.11. The fourth-order valence-electron chi connectivity index (χ4n) is 4.35. The van der Waals surface area contributed by atoms with Gasteiger partial charge in [-0.25, -0.2) is 9.59 Å². The predicted molar refractivity (Wildman–Crippen MR) is 166 cm³/mol. The molecule has 42 heavy (non-hydrogen) atoms. The number of nitrogens with one attached hydrogen (secondary N) is 2. The summed E-state index contributed by atoms with van der Waals surface area (Å²) in [6, 6.07) is 23.7. The van der Waals surface area contributed by atoms with Crippen LogP contribution in [-0.4, -0.2) is 40.7 Å². The van der Waals surface area contributed by atoms with Crippen LogP contribution in [0.3, 0.4) is 0 Å². The van der Waals surface area contributed by atoms with Gasteiger partial charge in [0.2, 0.25) is 5.91 Å². The van der Waals surface area contributed by atoms with Gasteiger partial charge in [0.15, 0.2) is 0 Å². The quantitative estimate of drug-likeness (QED) is 0.0910. The molecule has 0 spiro atoms. The highest BCUT2D eigenvalue weighted by atomic mass is 32.2. The molecular formula is C33H32N2O6S. The van der Waals surface area contributed by atoms with E-state index in [-0.39, 0.29) is 17.0 Å². The van der Waals surface area contributed by atoms with E-state index >= 15 is 0 Å². The lowest BCUT2D eigenvalue weighted by Crippen LogP contribution is -2.24. The van der Waals surface area contributed by atoms with Gasteiger partial charge in [0.1, 0.15) is 0 Å². The molecule has 0 saturated carbocycles. The van der Waals surface area contributed by atoms with E-state index in [0.717, 1.165) is 17.7 Å². The number of carboxylic acid groups (broad SMARTS) is 1. The Kier molecular flexibility index (Phi) is 10.3. The number of ether oxygens (including phenoxy) is 1. The van der Waals surface area contributed by atoms with Gasteiger partial charge in [-0.05, 0) is 72.8 Å². The molecule has 0 radical (unpaired) electrons. The van der Waals surface area contributed by atoms with Crippen LogP contribution in [0.15, 0.2) is 89.8 Å². The van der Waals surface area contributed by atoms with E-state index < -0.39 is 23.1 Å². The van der Waals surface area contributed by atoms with Crippen LogP contribution in [0.2, 0.25) is 0 Å². The third kappa shape index (κ3) is 7.55. The zero-order valence-corrected chi connectivity index (χ0v) is 24.2. The molecular weight excluding hydrogens is 552 g/mol. The lowest BCUT2D eigenvalue weighted by molar-refractivity contribution is -0.115. The number of hydrogen-bond acceptors (Lipinski definition) is 6. The smallest absolute Gasteiger partial charge is 0.338 e. The van der Waals surface area contributed by atoms with Crippen LogP contribution >= 0.6 is 11.8 Å². The molecule has 3 N–H and O–H groups in total. The van der Waals surface area contributed by atoms with Gasteiger partial charge in [-0.3, -0.25) is 9.59 Å². The number of amides is 2. The van der Waals surface area contributed by atoms with Crippen LogP contribution in [0.1, 0.15) is 64.2 Å². The summed E-state index contributed by atoms with van der Waals surface area (Å²) in [7, 11) is 0. The van der Waals surface area contributed by atoms with Gasteiger partial charge >= 0.3 is 11.9 Å². The molecule has 4 rings (SSSR count). The maximum Gasteiger partial charge on any atom is 0.338 e. The summed E-state index contributed by atoms with van der Waals surface area (Å²) in [5.74, 6) is -2.12. The first kappa shape index (κ1) is 30.3. The Bertz CT molecular complexity index is 1600. The van der Waals surface area contributed by atoms with Crippen molar-refractivity contribution in [2.45, 2.75) is 43.3 Å². The van der Waals surface area contributed by atoms with E-state index in [0.29, 0.717) is 40.7 Å². The Morgan fingerprint density at radius 1 is 0.833 bits per heavy atom. The Hall–Kier alpha value is -4.63. The molecule has 9 heteroatoms. The molecule has 0 aliphatic rings. The lowest BCUT2D eigenvalue weighted by Gasteiger charge is -2.16. The van der Waals surface area contributed by atoms with Gasteiger partial charge in [-0.2, -0.15) is 0 Å². The number of carboxylic acids is 1. The van der Waals surface area contributed by atoms with Crippen molar-refractivity contribution in [2.24, 2.45) is 0 Å². The maximum atomic E-state index is 13.2. The van der Waals surface area contributed by atoms with Crippen molar-refractivity contribution in [2.75, 3.05) is 17.2 Å². The van der Waals surface area contributed by atoms with E-state index in [1.807, 2.05) is 19.9 Å². The van der Waals surface area contributed by atoms with Crippen LogP contribution in [0.25, 0.3) is 10.8 Å². The second-order valence-corrected chi connectivity index (χ2v) is 10.8. The summed E-state index contributed by atoms with van der Waals surface area (Å²) in [4.78, 5) is 51.0. The molecule has 216 valence electrons. The van der Waals surface area contributed by atoms with Crippen molar-refractivity contribution in [3.63, 3.8) is 0 Å². The first-order valence-electron chi connectivity index (χ1n) is 13.7. The first-order chi connectivity index (χ1) is 20.3. The second-order valence-electron chi connectivity index (χ2n) is 9.57. The molecule has 1 unspecified atom stereocenters. The zero-order valence-electron chi connectivity index (χ0n) is 23.4. The number of aromatic carboxylic acids is 1. The van der Waals surface area contributed by atoms with Crippen LogP contribution in [0.4, 0.5) is 11.4 Å². The molecule has 0 heterocycles. The van der Waals surface area contributed by atoms with Gasteiger partial charge in [-0.1, -0.05) is 50.6 Å². The first-order valence-corrected chi connectivity index (χ1v) is 14.6. The predicted octanol–water partition coefficient (Wildman–Crippen LogP) is 7.26. The minimum Gasteiger partial charge on any atom is -0.478 e. The third-order valence-electron chi connectivity index (χ3n) is 6.53. The highest BCUT2D eigenvalue weighted by Crippen LogP contribution is 2.30. The lowest BCUT2D eigenvalue weighted by atomic mass is 9.98. The van der Waals surface area contributed by atoms with E-state index in [1.165, 1.54) is 17.8 Å². The number of fused-ring (bicyclic) bond motifs is 1. The SMILES string of the molecule is CCCCOC(=O)c1ccc(NC(=O)C(CC)Sc2cccc(NC(=O)c3cccc4cccc(C(=O)O)c34)c2)cc1. The van der Waals surface area contributed by atoms with Crippen molar-refractivity contribution in [1.29, 1.82) is 0 Å². The molecule has 1 atom stereocenters. The summed E-state index contributed by atoms with van der Waals surface area (Å²) < 4.78 is 5.22. The molecule has 0 aliphatic carbocycles. The van der Waals surface area contributed by atoms with Crippen LogP contribution in [0, 0.1) is 0 Å². The number of carbonyl (C=O) groups excluding carboxylic acids is 3. The zero-order chi connectivity index (χ0) is 30.1. The Morgan fingerprint density at radius 2 is 1.52 bits per heavy atom. The fraction of sp³-hybridized carbons (Fsp3) is 0.212. The van der Waals surface area contributed by atoms with E-state index in [9.17, 15) is 24.3 Å². The van der Waals surface area contributed by atoms with Gasteiger partial charge in [0, 0.05) is 27.2 Å². The molecule has 0 aliphatic heterocycles. The van der Waals surface area contributed by atoms with Crippen molar-refractivity contribution in [3.05, 3.63) is 102 Å². The molecule has 0 aromatic heterocycles. The number of rotatable bonds is 12. The number of anilines is 2. The molecule has 4 aromatic rings. The highest BCUT2D eigenvalue weighted by Gasteiger charge is 2.20. The molecule has 0 fully saturated rings. The third-order valence-corrected chi connectivity index (χ3v) is 7.89. The minimum absolute atomic E-state index is 0.0564. The molecule has 4 aromatic carbocycles. The second kappa shape index (κ2) is 14.3. The number of thioether (sulfide) groups is 1. The number of benzene rings is 4. The molecule has 0 bridgehead atoms. The Labute approximate surface area is 248 Å². The topological polar surface area (TPSA) is 122 Å². The normalized spacial score (nSPS) is 11.5. The van der Waals surface area contributed by atoms with E-state index in [1.54, 1.807) is 72.8 Å². The number of carbonyl (C=O) groups is 4. The number of unbranched alkanes of at least 4 members (excludes halogenated alkanes) is 1. The van der Waals surface area contributed by atoms with Crippen molar-refractivity contribution < 1.29 is 29.0 Å². The van der Waals surface area contributed by atoms with Gasteiger partial charge in [-0.15, -0.1) is 11.8 Å². The monoisotopic (exact) mass is 584 g/mol. The van der Waals surface area contributed by atoms with E-state index in [2.05, 4.69) is 10.6 Å². The van der Waals surface area contributed by atoms with Gasteiger partial charge < -0.3 is 20.5 Å².